The number of imidazole rings is 1. The number of hydrogen-bond donors (Lipinski definition) is 2. The molecule has 1 saturated heterocycles. The summed E-state index contributed by atoms with van der Waals surface area (Å²) in [5.41, 5.74) is 7.01. The van der Waals surface area contributed by atoms with Crippen molar-refractivity contribution in [1.82, 2.24) is 29.5 Å². The molecule has 0 spiro atoms. The minimum absolute atomic E-state index is 0.0491. The first-order valence-electron chi connectivity index (χ1n) is 13.8. The summed E-state index contributed by atoms with van der Waals surface area (Å²) < 4.78 is 40.8. The first kappa shape index (κ1) is 27.6. The molecule has 2 aliphatic rings. The van der Waals surface area contributed by atoms with Crippen molar-refractivity contribution in [1.29, 1.82) is 0 Å². The van der Waals surface area contributed by atoms with E-state index in [1.54, 1.807) is 28.8 Å². The van der Waals surface area contributed by atoms with Crippen molar-refractivity contribution in [3.8, 4) is 11.3 Å². The van der Waals surface area contributed by atoms with E-state index in [4.69, 9.17) is 10.7 Å². The van der Waals surface area contributed by atoms with Crippen LogP contribution in [0.15, 0.2) is 48.9 Å². The van der Waals surface area contributed by atoms with Crippen LogP contribution in [-0.4, -0.2) is 54.4 Å². The fraction of sp³-hybridized carbons (Fsp3) is 0.379. The number of alkyl halides is 3. The van der Waals surface area contributed by atoms with Crippen molar-refractivity contribution in [2.75, 3.05) is 24.1 Å². The Labute approximate surface area is 239 Å². The number of hydrogen-bond acceptors (Lipinski definition) is 7. The van der Waals surface area contributed by atoms with Gasteiger partial charge in [0.1, 0.15) is 29.2 Å². The summed E-state index contributed by atoms with van der Waals surface area (Å²) in [4.78, 5) is 40.9. The number of benzene rings is 1. The molecule has 2 amide bonds. The summed E-state index contributed by atoms with van der Waals surface area (Å²) in [5.74, 6) is 0.248. The summed E-state index contributed by atoms with van der Waals surface area (Å²) in [6.45, 7) is 3.30. The SMILES string of the molecule is CC1(C(=O)N2CCCC(c3nc(-c4ccc(C(=O)Nc5cc(C(F)(F)F)ccn5)cc4)c4c(N)ncnn34)C2)CCC1. The van der Waals surface area contributed by atoms with Crippen LogP contribution in [0, 0.1) is 5.41 Å². The maximum atomic E-state index is 13.3. The number of aromatic nitrogens is 5. The molecule has 6 rings (SSSR count). The van der Waals surface area contributed by atoms with Crippen LogP contribution < -0.4 is 11.1 Å². The highest BCUT2D eigenvalue weighted by molar-refractivity contribution is 6.04. The Morgan fingerprint density at radius 3 is 2.55 bits per heavy atom. The second kappa shape index (κ2) is 10.4. The van der Waals surface area contributed by atoms with E-state index in [1.165, 1.54) is 6.33 Å². The summed E-state index contributed by atoms with van der Waals surface area (Å²) in [6, 6.07) is 8.07. The second-order valence-corrected chi connectivity index (χ2v) is 11.2. The fourth-order valence-corrected chi connectivity index (χ4v) is 5.76. The number of nitrogens with one attached hydrogen (secondary N) is 1. The third-order valence-electron chi connectivity index (χ3n) is 8.28. The molecule has 1 aliphatic carbocycles. The number of piperidine rings is 1. The maximum Gasteiger partial charge on any atom is 0.416 e. The Hall–Kier alpha value is -4.55. The molecule has 42 heavy (non-hydrogen) atoms. The number of carbonyl (C=O) groups is 2. The van der Waals surface area contributed by atoms with E-state index in [9.17, 15) is 22.8 Å². The van der Waals surface area contributed by atoms with Gasteiger partial charge in [0.05, 0.1) is 5.56 Å². The van der Waals surface area contributed by atoms with E-state index in [-0.39, 0.29) is 34.4 Å². The van der Waals surface area contributed by atoms with E-state index in [0.29, 0.717) is 29.1 Å². The Balaban J connectivity index is 1.26. The summed E-state index contributed by atoms with van der Waals surface area (Å²) >= 11 is 0. The molecule has 1 atom stereocenters. The van der Waals surface area contributed by atoms with Gasteiger partial charge in [-0.1, -0.05) is 25.5 Å². The van der Waals surface area contributed by atoms with Crippen molar-refractivity contribution in [2.45, 2.75) is 51.1 Å². The van der Waals surface area contributed by atoms with Crippen LogP contribution in [-0.2, 0) is 11.0 Å². The normalized spacial score (nSPS) is 18.5. The van der Waals surface area contributed by atoms with Crippen molar-refractivity contribution in [3.63, 3.8) is 0 Å². The summed E-state index contributed by atoms with van der Waals surface area (Å²) in [6.07, 6.45) is 2.40. The largest absolute Gasteiger partial charge is 0.416 e. The number of anilines is 2. The smallest absolute Gasteiger partial charge is 0.382 e. The lowest BCUT2D eigenvalue weighted by molar-refractivity contribution is -0.147. The number of halogens is 3. The lowest BCUT2D eigenvalue weighted by Gasteiger charge is -2.43. The highest BCUT2D eigenvalue weighted by Gasteiger charge is 2.43. The number of amides is 2. The first-order chi connectivity index (χ1) is 20.0. The summed E-state index contributed by atoms with van der Waals surface area (Å²) in [7, 11) is 0. The van der Waals surface area contributed by atoms with Gasteiger partial charge in [-0.15, -0.1) is 0 Å². The van der Waals surface area contributed by atoms with Gasteiger partial charge in [0.2, 0.25) is 5.91 Å². The van der Waals surface area contributed by atoms with Gasteiger partial charge in [0, 0.05) is 41.7 Å². The predicted molar refractivity (Wildman–Crippen MR) is 148 cm³/mol. The molecule has 3 N–H and O–H groups in total. The quantitative estimate of drug-likeness (QED) is 0.343. The van der Waals surface area contributed by atoms with Crippen LogP contribution in [0.25, 0.3) is 16.8 Å². The van der Waals surface area contributed by atoms with Gasteiger partial charge in [0.15, 0.2) is 5.82 Å². The molecule has 218 valence electrons. The zero-order chi connectivity index (χ0) is 29.6. The van der Waals surface area contributed by atoms with Crippen LogP contribution in [0.3, 0.4) is 0 Å². The van der Waals surface area contributed by atoms with E-state index in [0.717, 1.165) is 57.0 Å². The minimum atomic E-state index is -4.55. The van der Waals surface area contributed by atoms with Crippen LogP contribution in [0.1, 0.15) is 66.7 Å². The van der Waals surface area contributed by atoms with Crippen molar-refractivity contribution < 1.29 is 22.8 Å². The molecule has 1 aromatic carbocycles. The van der Waals surface area contributed by atoms with Crippen LogP contribution in [0.2, 0.25) is 0 Å². The standard InChI is InChI=1S/C29H29F3N8O2/c1-28(10-3-11-28)27(42)39-13-2-4-19(15-39)25-38-22(23-24(33)35-16-36-40(23)25)17-5-7-18(8-6-17)26(41)37-21-14-20(9-12-34-21)29(30,31)32/h5-9,12,14,16,19H,2-4,10-11,13,15H2,1H3,(H2,33,35,36)(H,34,37,41). The average Bonchev–Trinajstić information content (AvgIpc) is 3.36. The van der Waals surface area contributed by atoms with Gasteiger partial charge in [-0.3, -0.25) is 9.59 Å². The molecule has 4 heterocycles. The number of nitrogens with zero attached hydrogens (tertiary/aromatic N) is 6. The molecule has 13 heteroatoms. The molecule has 3 aromatic heterocycles. The Bertz CT molecular complexity index is 1660. The van der Waals surface area contributed by atoms with Gasteiger partial charge in [-0.05, 0) is 49.9 Å². The Morgan fingerprint density at radius 2 is 1.86 bits per heavy atom. The van der Waals surface area contributed by atoms with E-state index in [2.05, 4.69) is 20.4 Å². The fourth-order valence-electron chi connectivity index (χ4n) is 5.76. The van der Waals surface area contributed by atoms with E-state index < -0.39 is 17.6 Å². The predicted octanol–water partition coefficient (Wildman–Crippen LogP) is 4.94. The van der Waals surface area contributed by atoms with Gasteiger partial charge in [-0.25, -0.2) is 19.5 Å². The molecule has 1 aliphatic heterocycles. The Morgan fingerprint density at radius 1 is 1.10 bits per heavy atom. The highest BCUT2D eigenvalue weighted by atomic mass is 19.4. The van der Waals surface area contributed by atoms with Gasteiger partial charge in [-0.2, -0.15) is 18.3 Å². The molecule has 10 nitrogen and oxygen atoms in total. The van der Waals surface area contributed by atoms with Crippen LogP contribution in [0.5, 0.6) is 0 Å². The molecule has 4 aromatic rings. The monoisotopic (exact) mass is 578 g/mol. The third kappa shape index (κ3) is 5.03. The number of nitrogens with two attached hydrogens (primary N) is 1. The van der Waals surface area contributed by atoms with E-state index >= 15 is 0 Å². The van der Waals surface area contributed by atoms with Gasteiger partial charge in [0.25, 0.3) is 5.91 Å². The molecule has 0 radical (unpaired) electrons. The number of likely N-dealkylation sites (tertiary alicyclic amines) is 1. The third-order valence-corrected chi connectivity index (χ3v) is 8.28. The van der Waals surface area contributed by atoms with Crippen molar-refractivity contribution in [2.24, 2.45) is 5.41 Å². The highest BCUT2D eigenvalue weighted by Crippen LogP contribution is 2.43. The van der Waals surface area contributed by atoms with Crippen LogP contribution in [0.4, 0.5) is 24.8 Å². The lowest BCUT2D eigenvalue weighted by atomic mass is 9.69. The molecule has 1 saturated carbocycles. The lowest BCUT2D eigenvalue weighted by Crippen LogP contribution is -2.49. The number of carbonyl (C=O) groups excluding carboxylic acids is 2. The van der Waals surface area contributed by atoms with Crippen molar-refractivity contribution >= 4 is 29.0 Å². The number of pyridine rings is 1. The van der Waals surface area contributed by atoms with E-state index in [1.807, 2.05) is 11.8 Å². The molecule has 1 unspecified atom stereocenters. The number of nitrogen functional groups attached to an aromatic ring is 1. The zero-order valence-corrected chi connectivity index (χ0v) is 22.9. The van der Waals surface area contributed by atoms with Gasteiger partial charge >= 0.3 is 6.18 Å². The molecular formula is C29H29F3N8O2. The first-order valence-corrected chi connectivity index (χ1v) is 13.8. The second-order valence-electron chi connectivity index (χ2n) is 11.2. The topological polar surface area (TPSA) is 131 Å². The summed E-state index contributed by atoms with van der Waals surface area (Å²) in [5, 5.41) is 6.84. The number of rotatable bonds is 5. The number of fused-ring (bicyclic) bond motifs is 1. The molecule has 2 fully saturated rings. The zero-order valence-electron chi connectivity index (χ0n) is 22.9. The van der Waals surface area contributed by atoms with Crippen molar-refractivity contribution in [3.05, 3.63) is 65.9 Å². The maximum absolute atomic E-state index is 13.3. The van der Waals surface area contributed by atoms with Gasteiger partial charge < -0.3 is 16.0 Å². The molecular weight excluding hydrogens is 549 g/mol. The molecule has 0 bridgehead atoms. The Kier molecular flexibility index (Phi) is 6.82. The van der Waals surface area contributed by atoms with Crippen LogP contribution >= 0.6 is 0 Å². The minimum Gasteiger partial charge on any atom is -0.382 e. The average molecular weight is 579 g/mol.